The van der Waals surface area contributed by atoms with Crippen molar-refractivity contribution in [3.63, 3.8) is 0 Å². The predicted octanol–water partition coefficient (Wildman–Crippen LogP) is 1.66. The monoisotopic (exact) mass is 271 g/mol. The van der Waals surface area contributed by atoms with E-state index in [0.29, 0.717) is 12.3 Å². The Balaban J connectivity index is 2.56. The Hall–Kier alpha value is -1.20. The van der Waals surface area contributed by atoms with Gasteiger partial charge in [-0.3, -0.25) is 9.78 Å². The van der Waals surface area contributed by atoms with Crippen molar-refractivity contribution in [3.8, 4) is 0 Å². The summed E-state index contributed by atoms with van der Waals surface area (Å²) in [5.74, 6) is -0.0445. The molecule has 0 saturated carbocycles. The minimum atomic E-state index is -0.935. The van der Waals surface area contributed by atoms with Gasteiger partial charge in [-0.05, 0) is 19.3 Å². The van der Waals surface area contributed by atoms with Crippen molar-refractivity contribution >= 4 is 17.5 Å². The fourth-order valence-electron chi connectivity index (χ4n) is 1.76. The zero-order valence-electron chi connectivity index (χ0n) is 10.8. The molecule has 6 heteroatoms. The SMILES string of the molecule is CC(C)CC(C)(O)CNC(=O)c1cncc(Cl)n1. The molecule has 0 aliphatic heterocycles. The van der Waals surface area contributed by atoms with Gasteiger partial charge in [-0.15, -0.1) is 0 Å². The first-order chi connectivity index (χ1) is 8.30. The molecule has 2 N–H and O–H groups in total. The third-order valence-electron chi connectivity index (χ3n) is 2.32. The van der Waals surface area contributed by atoms with Crippen LogP contribution in [0.4, 0.5) is 0 Å². The van der Waals surface area contributed by atoms with Gasteiger partial charge in [0.2, 0.25) is 0 Å². The molecule has 0 radical (unpaired) electrons. The van der Waals surface area contributed by atoms with Crippen LogP contribution in [0, 0.1) is 5.92 Å². The van der Waals surface area contributed by atoms with Gasteiger partial charge in [0.05, 0.1) is 18.0 Å². The summed E-state index contributed by atoms with van der Waals surface area (Å²) in [4.78, 5) is 19.4. The summed E-state index contributed by atoms with van der Waals surface area (Å²) >= 11 is 5.64. The number of hydrogen-bond donors (Lipinski definition) is 2. The lowest BCUT2D eigenvalue weighted by Gasteiger charge is -2.25. The molecule has 0 aliphatic rings. The number of amides is 1. The number of carbonyl (C=O) groups excluding carboxylic acids is 1. The summed E-state index contributed by atoms with van der Waals surface area (Å²) in [5.41, 5.74) is -0.793. The third kappa shape index (κ3) is 4.98. The third-order valence-corrected chi connectivity index (χ3v) is 2.50. The average Bonchev–Trinajstić information content (AvgIpc) is 2.24. The van der Waals surface area contributed by atoms with Gasteiger partial charge in [0.15, 0.2) is 0 Å². The average molecular weight is 272 g/mol. The van der Waals surface area contributed by atoms with E-state index < -0.39 is 11.5 Å². The molecular formula is C12H18ClN3O2. The molecular weight excluding hydrogens is 254 g/mol. The van der Waals surface area contributed by atoms with Crippen molar-refractivity contribution in [2.24, 2.45) is 5.92 Å². The van der Waals surface area contributed by atoms with E-state index in [1.807, 2.05) is 13.8 Å². The number of aromatic nitrogens is 2. The molecule has 0 aromatic carbocycles. The lowest BCUT2D eigenvalue weighted by molar-refractivity contribution is 0.0367. The van der Waals surface area contributed by atoms with Crippen LogP contribution in [0.25, 0.3) is 0 Å². The van der Waals surface area contributed by atoms with Crippen LogP contribution < -0.4 is 5.32 Å². The van der Waals surface area contributed by atoms with E-state index in [9.17, 15) is 9.90 Å². The number of halogens is 1. The maximum absolute atomic E-state index is 11.7. The lowest BCUT2D eigenvalue weighted by Crippen LogP contribution is -2.41. The Kier molecular flexibility index (Phi) is 5.04. The molecule has 1 amide bonds. The van der Waals surface area contributed by atoms with Crippen LogP contribution >= 0.6 is 11.6 Å². The maximum Gasteiger partial charge on any atom is 0.271 e. The standard InChI is InChI=1S/C12H18ClN3O2/c1-8(2)4-12(3,18)7-15-11(17)9-5-14-6-10(13)16-9/h5-6,8,18H,4,7H2,1-3H3,(H,15,17). The Morgan fingerprint density at radius 1 is 1.56 bits per heavy atom. The van der Waals surface area contributed by atoms with Gasteiger partial charge in [-0.2, -0.15) is 0 Å². The highest BCUT2D eigenvalue weighted by Gasteiger charge is 2.23. The van der Waals surface area contributed by atoms with Gasteiger partial charge >= 0.3 is 0 Å². The lowest BCUT2D eigenvalue weighted by atomic mass is 9.94. The van der Waals surface area contributed by atoms with Gasteiger partial charge in [-0.1, -0.05) is 25.4 Å². The first-order valence-electron chi connectivity index (χ1n) is 5.78. The second kappa shape index (κ2) is 6.11. The molecule has 5 nitrogen and oxygen atoms in total. The second-order valence-electron chi connectivity index (χ2n) is 5.00. The Morgan fingerprint density at radius 2 is 2.22 bits per heavy atom. The summed E-state index contributed by atoms with van der Waals surface area (Å²) in [7, 11) is 0. The van der Waals surface area contributed by atoms with Crippen molar-refractivity contribution in [3.05, 3.63) is 23.2 Å². The molecule has 1 aromatic rings. The van der Waals surface area contributed by atoms with Crippen LogP contribution in [0.3, 0.4) is 0 Å². The highest BCUT2D eigenvalue weighted by Crippen LogP contribution is 2.15. The topological polar surface area (TPSA) is 75.1 Å². The summed E-state index contributed by atoms with van der Waals surface area (Å²) in [6.45, 7) is 5.88. The molecule has 0 aliphatic carbocycles. The summed E-state index contributed by atoms with van der Waals surface area (Å²) in [6, 6.07) is 0. The zero-order chi connectivity index (χ0) is 13.8. The quantitative estimate of drug-likeness (QED) is 0.854. The van der Waals surface area contributed by atoms with Crippen molar-refractivity contribution in [2.75, 3.05) is 6.54 Å². The second-order valence-corrected chi connectivity index (χ2v) is 5.39. The highest BCUT2D eigenvalue weighted by molar-refractivity contribution is 6.29. The normalized spacial score (nSPS) is 14.3. The molecule has 1 unspecified atom stereocenters. The summed E-state index contributed by atoms with van der Waals surface area (Å²) in [6.07, 6.45) is 3.29. The fraction of sp³-hybridized carbons (Fsp3) is 0.583. The van der Waals surface area contributed by atoms with Gasteiger partial charge < -0.3 is 10.4 Å². The van der Waals surface area contributed by atoms with Crippen LogP contribution in [0.15, 0.2) is 12.4 Å². The van der Waals surface area contributed by atoms with Crippen LogP contribution in [0.1, 0.15) is 37.7 Å². The first-order valence-corrected chi connectivity index (χ1v) is 6.16. The Bertz CT molecular complexity index is 422. The minimum absolute atomic E-state index is 0.142. The molecule has 0 fully saturated rings. The molecule has 100 valence electrons. The Morgan fingerprint density at radius 3 is 2.78 bits per heavy atom. The highest BCUT2D eigenvalue weighted by atomic mass is 35.5. The smallest absolute Gasteiger partial charge is 0.271 e. The van der Waals surface area contributed by atoms with E-state index >= 15 is 0 Å². The van der Waals surface area contributed by atoms with Crippen LogP contribution in [-0.4, -0.2) is 33.1 Å². The number of nitrogens with zero attached hydrogens (tertiary/aromatic N) is 2. The van der Waals surface area contributed by atoms with E-state index in [-0.39, 0.29) is 17.4 Å². The largest absolute Gasteiger partial charge is 0.388 e. The molecule has 1 aromatic heterocycles. The molecule has 0 spiro atoms. The summed E-state index contributed by atoms with van der Waals surface area (Å²) < 4.78 is 0. The van der Waals surface area contributed by atoms with Gasteiger partial charge in [0.25, 0.3) is 5.91 Å². The van der Waals surface area contributed by atoms with Crippen molar-refractivity contribution in [1.82, 2.24) is 15.3 Å². The minimum Gasteiger partial charge on any atom is -0.388 e. The molecule has 0 bridgehead atoms. The van der Waals surface area contributed by atoms with Crippen molar-refractivity contribution in [1.29, 1.82) is 0 Å². The van der Waals surface area contributed by atoms with Gasteiger partial charge in [-0.25, -0.2) is 4.98 Å². The number of aliphatic hydroxyl groups is 1. The molecule has 1 heterocycles. The molecule has 0 saturated heterocycles. The summed E-state index contributed by atoms with van der Waals surface area (Å²) in [5, 5.41) is 12.8. The van der Waals surface area contributed by atoms with Crippen molar-refractivity contribution in [2.45, 2.75) is 32.8 Å². The first kappa shape index (κ1) is 14.9. The van der Waals surface area contributed by atoms with E-state index in [4.69, 9.17) is 11.6 Å². The van der Waals surface area contributed by atoms with Crippen LogP contribution in [0.5, 0.6) is 0 Å². The van der Waals surface area contributed by atoms with E-state index in [0.717, 1.165) is 0 Å². The van der Waals surface area contributed by atoms with Crippen LogP contribution in [0.2, 0.25) is 5.15 Å². The van der Waals surface area contributed by atoms with E-state index in [2.05, 4.69) is 15.3 Å². The molecule has 1 rings (SSSR count). The number of carbonyl (C=O) groups is 1. The molecule has 18 heavy (non-hydrogen) atoms. The Labute approximate surface area is 112 Å². The van der Waals surface area contributed by atoms with E-state index in [1.165, 1.54) is 12.4 Å². The molecule has 1 atom stereocenters. The number of nitrogens with one attached hydrogen (secondary N) is 1. The fourth-order valence-corrected chi connectivity index (χ4v) is 1.91. The van der Waals surface area contributed by atoms with Crippen LogP contribution in [-0.2, 0) is 0 Å². The zero-order valence-corrected chi connectivity index (χ0v) is 11.5. The number of rotatable bonds is 5. The maximum atomic E-state index is 11.7. The van der Waals surface area contributed by atoms with Gasteiger partial charge in [0, 0.05) is 6.54 Å². The van der Waals surface area contributed by atoms with Crippen molar-refractivity contribution < 1.29 is 9.90 Å². The van der Waals surface area contributed by atoms with E-state index in [1.54, 1.807) is 6.92 Å². The number of hydrogen-bond acceptors (Lipinski definition) is 4. The predicted molar refractivity (Wildman–Crippen MR) is 69.5 cm³/mol. The van der Waals surface area contributed by atoms with Gasteiger partial charge in [0.1, 0.15) is 10.8 Å².